The van der Waals surface area contributed by atoms with Gasteiger partial charge in [-0.3, -0.25) is 0 Å². The first kappa shape index (κ1) is 19.3. The molecule has 0 aliphatic rings. The minimum absolute atomic E-state index is 0.0345. The molecule has 0 saturated carbocycles. The highest BCUT2D eigenvalue weighted by atomic mass is 33.1. The van der Waals surface area contributed by atoms with Gasteiger partial charge in [0.2, 0.25) is 0 Å². The van der Waals surface area contributed by atoms with E-state index >= 15 is 0 Å². The van der Waals surface area contributed by atoms with Crippen molar-refractivity contribution in [1.29, 1.82) is 0 Å². The zero-order valence-corrected chi connectivity index (χ0v) is 14.2. The van der Waals surface area contributed by atoms with Crippen molar-refractivity contribution in [2.24, 2.45) is 0 Å². The summed E-state index contributed by atoms with van der Waals surface area (Å²) >= 11 is 0. The normalized spacial score (nSPS) is 10.2. The summed E-state index contributed by atoms with van der Waals surface area (Å²) in [5, 5.41) is 0. The molecule has 112 valence electrons. The van der Waals surface area contributed by atoms with Crippen molar-refractivity contribution in [3.63, 3.8) is 0 Å². The minimum Gasteiger partial charge on any atom is -0.448 e. The fourth-order valence-electron chi connectivity index (χ4n) is 0.713. The molecule has 0 N–H and O–H groups in total. The Kier molecular flexibility index (Phi) is 12.2. The largest absolute Gasteiger partial charge is 0.448 e. The van der Waals surface area contributed by atoms with Gasteiger partial charge in [0.1, 0.15) is 0 Å². The molecule has 0 aromatic heterocycles. The highest BCUT2D eigenvalue weighted by Gasteiger charge is 2.17. The lowest BCUT2D eigenvalue weighted by molar-refractivity contribution is 0.143. The van der Waals surface area contributed by atoms with E-state index in [0.717, 1.165) is 11.5 Å². The Balaban J connectivity index is 4.12. The molecular formula is C10H17F2NO2S4. The second kappa shape index (κ2) is 12.0. The van der Waals surface area contributed by atoms with E-state index in [-0.39, 0.29) is 18.6 Å². The maximum absolute atomic E-state index is 12.2. The second-order valence-corrected chi connectivity index (χ2v) is 8.32. The van der Waals surface area contributed by atoms with Crippen LogP contribution in [0.2, 0.25) is 0 Å². The van der Waals surface area contributed by atoms with Gasteiger partial charge in [-0.25, -0.2) is 4.79 Å². The van der Waals surface area contributed by atoms with Crippen LogP contribution in [0.15, 0.2) is 11.7 Å². The van der Waals surface area contributed by atoms with Gasteiger partial charge >= 0.3 is 6.09 Å². The van der Waals surface area contributed by atoms with Crippen LogP contribution in [0.3, 0.4) is 0 Å². The molecule has 1 amide bonds. The standard InChI is InChI=1S/C10H17F2NO2S4/c1-4-16-18-13(19-17-5-2)10(14)15-7-6-8(3)9(11)12/h4-7H2,1-3H3. The van der Waals surface area contributed by atoms with E-state index in [1.807, 2.05) is 13.8 Å². The quantitative estimate of drug-likeness (QED) is 0.396. The molecule has 0 radical (unpaired) electrons. The van der Waals surface area contributed by atoms with Crippen LogP contribution in [0.1, 0.15) is 27.2 Å². The zero-order chi connectivity index (χ0) is 14.7. The molecule has 0 rings (SSSR count). The summed E-state index contributed by atoms with van der Waals surface area (Å²) in [5.74, 6) is 1.72. The molecular weight excluding hydrogens is 332 g/mol. The molecule has 0 aliphatic carbocycles. The van der Waals surface area contributed by atoms with Crippen molar-refractivity contribution in [3.8, 4) is 0 Å². The summed E-state index contributed by atoms with van der Waals surface area (Å²) in [6, 6.07) is 0. The van der Waals surface area contributed by atoms with Crippen molar-refractivity contribution < 1.29 is 18.3 Å². The Bertz CT molecular complexity index is 293. The van der Waals surface area contributed by atoms with Gasteiger partial charge in [0.15, 0.2) is 0 Å². The van der Waals surface area contributed by atoms with Gasteiger partial charge in [0.25, 0.3) is 6.08 Å². The van der Waals surface area contributed by atoms with Crippen molar-refractivity contribution >= 4 is 49.6 Å². The minimum atomic E-state index is -1.71. The van der Waals surface area contributed by atoms with Crippen LogP contribution in [0.4, 0.5) is 13.6 Å². The van der Waals surface area contributed by atoms with Crippen LogP contribution in [0.25, 0.3) is 0 Å². The predicted octanol–water partition coefficient (Wildman–Crippen LogP) is 5.62. The molecule has 0 aromatic carbocycles. The van der Waals surface area contributed by atoms with Gasteiger partial charge in [0, 0.05) is 39.9 Å². The summed E-state index contributed by atoms with van der Waals surface area (Å²) in [6.45, 7) is 5.26. The summed E-state index contributed by atoms with van der Waals surface area (Å²) in [6.07, 6.45) is -2.16. The first-order valence-corrected chi connectivity index (χ1v) is 10.1. The number of hydrogen-bond acceptors (Lipinski definition) is 6. The monoisotopic (exact) mass is 349 g/mol. The first-order valence-electron chi connectivity index (χ1n) is 5.59. The first-order chi connectivity index (χ1) is 9.02. The number of carbonyl (C=O) groups is 1. The van der Waals surface area contributed by atoms with E-state index in [1.54, 1.807) is 0 Å². The van der Waals surface area contributed by atoms with E-state index in [9.17, 15) is 13.6 Å². The molecule has 0 aromatic rings. The van der Waals surface area contributed by atoms with E-state index in [1.165, 1.54) is 54.2 Å². The number of nitrogens with zero attached hydrogens (tertiary/aromatic N) is 1. The predicted molar refractivity (Wildman–Crippen MR) is 84.2 cm³/mol. The molecule has 0 unspecified atom stereocenters. The van der Waals surface area contributed by atoms with Gasteiger partial charge in [-0.15, -0.1) is 0 Å². The van der Waals surface area contributed by atoms with E-state index in [4.69, 9.17) is 4.74 Å². The number of carbonyl (C=O) groups excluding carboxylic acids is 1. The van der Waals surface area contributed by atoms with Gasteiger partial charge < -0.3 is 4.74 Å². The lowest BCUT2D eigenvalue weighted by Gasteiger charge is -2.17. The van der Waals surface area contributed by atoms with Crippen LogP contribution in [0.5, 0.6) is 0 Å². The molecule has 9 heteroatoms. The van der Waals surface area contributed by atoms with Gasteiger partial charge in [-0.05, 0) is 12.5 Å². The third kappa shape index (κ3) is 9.75. The number of hydrogen-bond donors (Lipinski definition) is 0. The number of halogens is 2. The van der Waals surface area contributed by atoms with Gasteiger partial charge in [-0.1, -0.05) is 35.4 Å². The Morgan fingerprint density at radius 1 is 1.16 bits per heavy atom. The molecule has 0 aliphatic heterocycles. The van der Waals surface area contributed by atoms with Crippen LogP contribution in [0, 0.1) is 0 Å². The van der Waals surface area contributed by atoms with Gasteiger partial charge in [0.05, 0.1) is 6.61 Å². The summed E-state index contributed by atoms with van der Waals surface area (Å²) in [5.41, 5.74) is -0.0504. The molecule has 0 saturated heterocycles. The van der Waals surface area contributed by atoms with Crippen LogP contribution in [-0.4, -0.2) is 27.9 Å². The topological polar surface area (TPSA) is 29.5 Å². The van der Waals surface area contributed by atoms with E-state index in [0.29, 0.717) is 0 Å². The molecule has 0 heterocycles. The van der Waals surface area contributed by atoms with E-state index < -0.39 is 12.2 Å². The Morgan fingerprint density at radius 3 is 2.11 bits per heavy atom. The summed E-state index contributed by atoms with van der Waals surface area (Å²) < 4.78 is 30.7. The Morgan fingerprint density at radius 2 is 1.68 bits per heavy atom. The molecule has 3 nitrogen and oxygen atoms in total. The second-order valence-electron chi connectivity index (χ2n) is 3.12. The third-order valence-electron chi connectivity index (χ3n) is 1.65. The SMILES string of the molecule is CCSSN(SSCC)C(=O)OCCC(C)=C(F)F. The van der Waals surface area contributed by atoms with E-state index in [2.05, 4.69) is 0 Å². The van der Waals surface area contributed by atoms with Crippen molar-refractivity contribution in [1.82, 2.24) is 3.71 Å². The molecule has 0 spiro atoms. The van der Waals surface area contributed by atoms with Crippen molar-refractivity contribution in [2.45, 2.75) is 27.2 Å². The van der Waals surface area contributed by atoms with Crippen molar-refractivity contribution in [3.05, 3.63) is 11.7 Å². The van der Waals surface area contributed by atoms with Crippen LogP contribution < -0.4 is 0 Å². The Labute approximate surface area is 128 Å². The lowest BCUT2D eigenvalue weighted by atomic mass is 10.2. The highest BCUT2D eigenvalue weighted by molar-refractivity contribution is 8.83. The highest BCUT2D eigenvalue weighted by Crippen LogP contribution is 2.38. The molecule has 0 atom stereocenters. The zero-order valence-electron chi connectivity index (χ0n) is 11.0. The fourth-order valence-corrected chi connectivity index (χ4v) is 4.68. The molecule has 0 bridgehead atoms. The fraction of sp³-hybridized carbons (Fsp3) is 0.700. The van der Waals surface area contributed by atoms with Crippen LogP contribution in [-0.2, 0) is 4.74 Å². The van der Waals surface area contributed by atoms with Gasteiger partial charge in [-0.2, -0.15) is 12.5 Å². The van der Waals surface area contributed by atoms with Crippen LogP contribution >= 0.6 is 43.5 Å². The summed E-state index contributed by atoms with van der Waals surface area (Å²) in [4.78, 5) is 11.7. The number of rotatable bonds is 9. The average molecular weight is 350 g/mol. The average Bonchev–Trinajstić information content (AvgIpc) is 2.38. The number of amides is 1. The lowest BCUT2D eigenvalue weighted by Crippen LogP contribution is -2.18. The number of ether oxygens (including phenoxy) is 1. The maximum Gasteiger partial charge on any atom is 0.431 e. The molecule has 19 heavy (non-hydrogen) atoms. The third-order valence-corrected chi connectivity index (χ3v) is 6.86. The smallest absolute Gasteiger partial charge is 0.431 e. The Hall–Kier alpha value is 0.270. The van der Waals surface area contributed by atoms with Crippen molar-refractivity contribution in [2.75, 3.05) is 18.1 Å². The maximum atomic E-state index is 12.2. The summed E-state index contributed by atoms with van der Waals surface area (Å²) in [7, 11) is 5.62. The molecule has 0 fully saturated rings.